The van der Waals surface area contributed by atoms with Gasteiger partial charge in [0.15, 0.2) is 0 Å². The molecule has 1 aromatic carbocycles. The Kier molecular flexibility index (Phi) is 7.19. The highest BCUT2D eigenvalue weighted by atomic mass is 16.5. The summed E-state index contributed by atoms with van der Waals surface area (Å²) in [5, 5.41) is 2.93. The summed E-state index contributed by atoms with van der Waals surface area (Å²) in [6, 6.07) is 7.46. The van der Waals surface area contributed by atoms with E-state index in [9.17, 15) is 4.79 Å². The molecule has 5 nitrogen and oxygen atoms in total. The van der Waals surface area contributed by atoms with Gasteiger partial charge in [0.2, 0.25) is 5.91 Å². The van der Waals surface area contributed by atoms with E-state index in [4.69, 9.17) is 9.47 Å². The lowest BCUT2D eigenvalue weighted by Gasteiger charge is -2.25. The summed E-state index contributed by atoms with van der Waals surface area (Å²) >= 11 is 0. The minimum atomic E-state index is 0.0481. The molecule has 22 heavy (non-hydrogen) atoms. The number of ether oxygens (including phenoxy) is 2. The fraction of sp³-hybridized carbons (Fsp3) is 0.588. The number of carbonyl (C=O) groups excluding carboxylic acids is 1. The molecule has 0 aliphatic carbocycles. The van der Waals surface area contributed by atoms with E-state index in [1.165, 1.54) is 19.3 Å². The average Bonchev–Trinajstić information content (AvgIpc) is 2.54. The van der Waals surface area contributed by atoms with Crippen molar-refractivity contribution in [3.05, 3.63) is 24.3 Å². The number of amides is 1. The zero-order chi connectivity index (χ0) is 15.6. The average molecular weight is 306 g/mol. The van der Waals surface area contributed by atoms with E-state index in [-0.39, 0.29) is 5.91 Å². The lowest BCUT2D eigenvalue weighted by atomic mass is 10.1. The van der Waals surface area contributed by atoms with E-state index in [0.29, 0.717) is 26.4 Å². The molecule has 0 bridgehead atoms. The fourth-order valence-electron chi connectivity index (χ4n) is 2.52. The number of hydrogen-bond acceptors (Lipinski definition) is 4. The predicted molar refractivity (Wildman–Crippen MR) is 87.4 cm³/mol. The number of carbonyl (C=O) groups is 1. The summed E-state index contributed by atoms with van der Waals surface area (Å²) in [6.07, 6.45) is 3.67. The standard InChI is InChI=1S/C17H26N2O3/c1-2-21-12-13-22-16-8-6-15(7-9-16)18-17(20)14-19-10-4-3-5-11-19/h6-9H,2-5,10-14H2,1H3,(H,18,20). The molecule has 1 N–H and O–H groups in total. The number of rotatable bonds is 8. The van der Waals surface area contributed by atoms with Crippen LogP contribution in [0.2, 0.25) is 0 Å². The van der Waals surface area contributed by atoms with E-state index >= 15 is 0 Å². The SMILES string of the molecule is CCOCCOc1ccc(NC(=O)CN2CCCCC2)cc1. The van der Waals surface area contributed by atoms with Crippen LogP contribution in [0.1, 0.15) is 26.2 Å². The van der Waals surface area contributed by atoms with Gasteiger partial charge in [-0.15, -0.1) is 0 Å². The molecule has 0 radical (unpaired) electrons. The van der Waals surface area contributed by atoms with Gasteiger partial charge in [-0.05, 0) is 57.1 Å². The molecule has 1 fully saturated rings. The second kappa shape index (κ2) is 9.43. The monoisotopic (exact) mass is 306 g/mol. The molecule has 1 heterocycles. The first-order valence-electron chi connectivity index (χ1n) is 8.10. The van der Waals surface area contributed by atoms with Crippen LogP contribution in [0.3, 0.4) is 0 Å². The quantitative estimate of drug-likeness (QED) is 0.750. The van der Waals surface area contributed by atoms with Gasteiger partial charge in [0.1, 0.15) is 12.4 Å². The molecule has 1 aliphatic rings. The van der Waals surface area contributed by atoms with Crippen molar-refractivity contribution in [1.29, 1.82) is 0 Å². The summed E-state index contributed by atoms with van der Waals surface area (Å²) in [5.41, 5.74) is 0.805. The van der Waals surface area contributed by atoms with Crippen molar-refractivity contribution in [1.82, 2.24) is 4.90 Å². The van der Waals surface area contributed by atoms with Crippen molar-refractivity contribution in [2.75, 3.05) is 44.8 Å². The first-order valence-corrected chi connectivity index (χ1v) is 8.10. The van der Waals surface area contributed by atoms with E-state index < -0.39 is 0 Å². The van der Waals surface area contributed by atoms with Gasteiger partial charge >= 0.3 is 0 Å². The molecule has 2 rings (SSSR count). The minimum Gasteiger partial charge on any atom is -0.491 e. The summed E-state index contributed by atoms with van der Waals surface area (Å²) in [6.45, 7) is 6.32. The summed E-state index contributed by atoms with van der Waals surface area (Å²) in [5.74, 6) is 0.834. The second-order valence-corrected chi connectivity index (χ2v) is 5.45. The Labute approximate surface area is 132 Å². The number of benzene rings is 1. The van der Waals surface area contributed by atoms with Crippen molar-refractivity contribution < 1.29 is 14.3 Å². The predicted octanol–water partition coefficient (Wildman–Crippen LogP) is 2.53. The molecule has 1 aliphatic heterocycles. The molecule has 0 atom stereocenters. The van der Waals surface area contributed by atoms with Gasteiger partial charge in [0, 0.05) is 12.3 Å². The van der Waals surface area contributed by atoms with Gasteiger partial charge in [0.25, 0.3) is 0 Å². The van der Waals surface area contributed by atoms with E-state index in [0.717, 1.165) is 24.5 Å². The normalized spacial score (nSPS) is 15.5. The van der Waals surface area contributed by atoms with Crippen LogP contribution < -0.4 is 10.1 Å². The van der Waals surface area contributed by atoms with E-state index in [2.05, 4.69) is 10.2 Å². The molecular formula is C17H26N2O3. The van der Waals surface area contributed by atoms with Gasteiger partial charge in [0.05, 0.1) is 13.2 Å². The Morgan fingerprint density at radius 1 is 1.14 bits per heavy atom. The first-order chi connectivity index (χ1) is 10.8. The summed E-state index contributed by atoms with van der Waals surface area (Å²) in [7, 11) is 0. The Bertz CT molecular complexity index is 442. The maximum Gasteiger partial charge on any atom is 0.238 e. The van der Waals surface area contributed by atoms with Crippen LogP contribution in [0.5, 0.6) is 5.75 Å². The van der Waals surface area contributed by atoms with Crippen molar-refractivity contribution in [3.8, 4) is 5.75 Å². The molecule has 1 aromatic rings. The van der Waals surface area contributed by atoms with Crippen LogP contribution in [-0.2, 0) is 9.53 Å². The van der Waals surface area contributed by atoms with Crippen LogP contribution in [0.4, 0.5) is 5.69 Å². The zero-order valence-electron chi connectivity index (χ0n) is 13.3. The Hall–Kier alpha value is -1.59. The lowest BCUT2D eigenvalue weighted by Crippen LogP contribution is -2.36. The van der Waals surface area contributed by atoms with Gasteiger partial charge in [-0.25, -0.2) is 0 Å². The topological polar surface area (TPSA) is 50.8 Å². The molecule has 5 heteroatoms. The van der Waals surface area contributed by atoms with E-state index in [1.807, 2.05) is 31.2 Å². The highest BCUT2D eigenvalue weighted by Gasteiger charge is 2.13. The molecule has 0 saturated carbocycles. The summed E-state index contributed by atoms with van der Waals surface area (Å²) in [4.78, 5) is 14.2. The van der Waals surface area contributed by atoms with Gasteiger partial charge in [-0.3, -0.25) is 9.69 Å². The van der Waals surface area contributed by atoms with Gasteiger partial charge < -0.3 is 14.8 Å². The van der Waals surface area contributed by atoms with Gasteiger partial charge in [-0.2, -0.15) is 0 Å². The third-order valence-corrected chi connectivity index (χ3v) is 3.65. The Morgan fingerprint density at radius 3 is 2.55 bits per heavy atom. The number of piperidine rings is 1. The van der Waals surface area contributed by atoms with Crippen molar-refractivity contribution in [3.63, 3.8) is 0 Å². The zero-order valence-corrected chi connectivity index (χ0v) is 13.3. The number of anilines is 1. The minimum absolute atomic E-state index is 0.0481. The van der Waals surface area contributed by atoms with Crippen LogP contribution in [0, 0.1) is 0 Å². The second-order valence-electron chi connectivity index (χ2n) is 5.45. The maximum absolute atomic E-state index is 12.0. The summed E-state index contributed by atoms with van der Waals surface area (Å²) < 4.78 is 10.8. The highest BCUT2D eigenvalue weighted by molar-refractivity contribution is 5.92. The third kappa shape index (κ3) is 6.03. The largest absolute Gasteiger partial charge is 0.491 e. The number of hydrogen-bond donors (Lipinski definition) is 1. The van der Waals surface area contributed by atoms with Crippen molar-refractivity contribution in [2.24, 2.45) is 0 Å². The third-order valence-electron chi connectivity index (χ3n) is 3.65. The fourth-order valence-corrected chi connectivity index (χ4v) is 2.52. The number of likely N-dealkylation sites (tertiary alicyclic amines) is 1. The Balaban J connectivity index is 1.71. The highest BCUT2D eigenvalue weighted by Crippen LogP contribution is 2.16. The molecular weight excluding hydrogens is 280 g/mol. The number of nitrogens with one attached hydrogen (secondary N) is 1. The molecule has 122 valence electrons. The Morgan fingerprint density at radius 2 is 1.86 bits per heavy atom. The van der Waals surface area contributed by atoms with Crippen LogP contribution >= 0.6 is 0 Å². The molecule has 0 unspecified atom stereocenters. The van der Waals surface area contributed by atoms with Crippen LogP contribution in [0.25, 0.3) is 0 Å². The van der Waals surface area contributed by atoms with Crippen LogP contribution in [-0.4, -0.2) is 50.3 Å². The molecule has 1 saturated heterocycles. The smallest absolute Gasteiger partial charge is 0.238 e. The maximum atomic E-state index is 12.0. The van der Waals surface area contributed by atoms with Gasteiger partial charge in [-0.1, -0.05) is 6.42 Å². The number of nitrogens with zero attached hydrogens (tertiary/aromatic N) is 1. The lowest BCUT2D eigenvalue weighted by molar-refractivity contribution is -0.117. The van der Waals surface area contributed by atoms with Crippen LogP contribution in [0.15, 0.2) is 24.3 Å². The van der Waals surface area contributed by atoms with E-state index in [1.54, 1.807) is 0 Å². The molecule has 0 aromatic heterocycles. The molecule has 0 spiro atoms. The first kappa shape index (κ1) is 16.8. The van der Waals surface area contributed by atoms with Crippen molar-refractivity contribution >= 4 is 11.6 Å². The van der Waals surface area contributed by atoms with Crippen molar-refractivity contribution in [2.45, 2.75) is 26.2 Å². The molecule has 1 amide bonds.